The summed E-state index contributed by atoms with van der Waals surface area (Å²) in [6, 6.07) is 11.4. The van der Waals surface area contributed by atoms with E-state index < -0.39 is 28.1 Å². The molecule has 0 unspecified atom stereocenters. The number of allylic oxidation sites excluding steroid dienone is 1. The van der Waals surface area contributed by atoms with Gasteiger partial charge in [-0.15, -0.1) is 0 Å². The Morgan fingerprint density at radius 2 is 1.82 bits per heavy atom. The molecule has 2 atom stereocenters. The number of hydrogen-bond donors (Lipinski definition) is 1. The minimum absolute atomic E-state index is 0.0182. The van der Waals surface area contributed by atoms with Crippen LogP contribution in [0.25, 0.3) is 0 Å². The van der Waals surface area contributed by atoms with E-state index in [-0.39, 0.29) is 47.4 Å². The molecule has 33 heavy (non-hydrogen) atoms. The summed E-state index contributed by atoms with van der Waals surface area (Å²) in [5.41, 5.74) is 0.416. The minimum Gasteiger partial charge on any atom is -0.349 e. The SMILES string of the molecule is O=C1CC/C=C/CN(c2ccccc2Cl)S(=O)(=O)c2cccc(c2)C(=O)N2C[C@@H](F)[C@H](C2)N1. The van der Waals surface area contributed by atoms with Crippen molar-refractivity contribution in [3.8, 4) is 0 Å². The predicted molar refractivity (Wildman–Crippen MR) is 124 cm³/mol. The lowest BCUT2D eigenvalue weighted by molar-refractivity contribution is -0.122. The molecule has 2 amide bonds. The maximum atomic E-state index is 14.5. The highest BCUT2D eigenvalue weighted by molar-refractivity contribution is 7.92. The summed E-state index contributed by atoms with van der Waals surface area (Å²) in [6.07, 6.45) is 2.42. The molecule has 0 saturated carbocycles. The van der Waals surface area contributed by atoms with Crippen LogP contribution < -0.4 is 9.62 Å². The van der Waals surface area contributed by atoms with Crippen LogP contribution in [-0.4, -0.2) is 57.0 Å². The van der Waals surface area contributed by atoms with Gasteiger partial charge >= 0.3 is 0 Å². The Balaban J connectivity index is 1.78. The van der Waals surface area contributed by atoms with Gasteiger partial charge in [0.15, 0.2) is 0 Å². The topological polar surface area (TPSA) is 86.8 Å². The molecule has 7 nitrogen and oxygen atoms in total. The van der Waals surface area contributed by atoms with E-state index in [4.69, 9.17) is 11.6 Å². The fourth-order valence-electron chi connectivity index (χ4n) is 3.93. The molecule has 1 saturated heterocycles. The molecule has 2 heterocycles. The largest absolute Gasteiger partial charge is 0.349 e. The first-order valence-electron chi connectivity index (χ1n) is 10.5. The number of amides is 2. The Morgan fingerprint density at radius 3 is 2.61 bits per heavy atom. The Morgan fingerprint density at radius 1 is 1.03 bits per heavy atom. The second-order valence-electron chi connectivity index (χ2n) is 7.93. The van der Waals surface area contributed by atoms with Crippen LogP contribution >= 0.6 is 11.6 Å². The van der Waals surface area contributed by atoms with Crippen LogP contribution in [0.1, 0.15) is 23.2 Å². The number of halogens is 2. The summed E-state index contributed by atoms with van der Waals surface area (Å²) in [5.74, 6) is -0.825. The molecule has 4 rings (SSSR count). The number of sulfonamides is 1. The molecule has 2 aromatic carbocycles. The fraction of sp³-hybridized carbons (Fsp3) is 0.304. The highest BCUT2D eigenvalue weighted by atomic mass is 35.5. The first kappa shape index (κ1) is 23.3. The first-order valence-corrected chi connectivity index (χ1v) is 12.3. The summed E-state index contributed by atoms with van der Waals surface area (Å²) >= 11 is 6.30. The van der Waals surface area contributed by atoms with Gasteiger partial charge in [-0.1, -0.05) is 42.0 Å². The molecule has 0 aromatic heterocycles. The molecule has 4 bridgehead atoms. The van der Waals surface area contributed by atoms with E-state index in [1.165, 1.54) is 29.2 Å². The van der Waals surface area contributed by atoms with Crippen molar-refractivity contribution in [1.82, 2.24) is 10.2 Å². The third-order valence-corrected chi connectivity index (χ3v) is 7.74. The second kappa shape index (κ2) is 9.52. The van der Waals surface area contributed by atoms with Crippen LogP contribution in [0.2, 0.25) is 5.02 Å². The predicted octanol–water partition coefficient (Wildman–Crippen LogP) is 3.16. The van der Waals surface area contributed by atoms with E-state index in [0.29, 0.717) is 12.1 Å². The van der Waals surface area contributed by atoms with Gasteiger partial charge in [0.1, 0.15) is 6.17 Å². The first-order chi connectivity index (χ1) is 15.8. The van der Waals surface area contributed by atoms with Crippen molar-refractivity contribution in [2.75, 3.05) is 23.9 Å². The number of alkyl halides is 1. The lowest BCUT2D eigenvalue weighted by Gasteiger charge is -2.25. The van der Waals surface area contributed by atoms with Crippen molar-refractivity contribution in [1.29, 1.82) is 0 Å². The number of nitrogens with one attached hydrogen (secondary N) is 1. The van der Waals surface area contributed by atoms with Gasteiger partial charge in [0.25, 0.3) is 15.9 Å². The molecule has 0 radical (unpaired) electrons. The number of anilines is 1. The zero-order valence-electron chi connectivity index (χ0n) is 17.7. The fourth-order valence-corrected chi connectivity index (χ4v) is 5.70. The van der Waals surface area contributed by atoms with Gasteiger partial charge in [-0.2, -0.15) is 0 Å². The highest BCUT2D eigenvalue weighted by Gasteiger charge is 2.37. The Hall–Kier alpha value is -2.91. The van der Waals surface area contributed by atoms with Crippen LogP contribution in [-0.2, 0) is 14.8 Å². The van der Waals surface area contributed by atoms with Gasteiger partial charge in [0.05, 0.1) is 34.7 Å². The molecule has 1 N–H and O–H groups in total. The molecule has 0 aliphatic carbocycles. The summed E-state index contributed by atoms with van der Waals surface area (Å²) in [5, 5.41) is 2.91. The van der Waals surface area contributed by atoms with E-state index in [2.05, 4.69) is 5.32 Å². The normalized spacial score (nSPS) is 24.4. The van der Waals surface area contributed by atoms with Crippen molar-refractivity contribution in [2.45, 2.75) is 30.0 Å². The average Bonchev–Trinajstić information content (AvgIpc) is 3.16. The maximum Gasteiger partial charge on any atom is 0.264 e. The van der Waals surface area contributed by atoms with Gasteiger partial charge in [-0.3, -0.25) is 13.9 Å². The van der Waals surface area contributed by atoms with Gasteiger partial charge in [-0.25, -0.2) is 12.8 Å². The standard InChI is InChI=1S/C23H23ClFN3O4S/c24-18-9-3-4-10-21(18)28-12-5-1-2-11-22(29)26-20-15-27(14-19(20)25)23(30)16-7-6-8-17(13-16)33(28,31)32/h1,3-10,13,19-20H,2,11-12,14-15H2,(H,26,29)/b5-1+/t19-,20+/m1/s1. The number of rotatable bonds is 1. The molecular formula is C23H23ClFN3O4S. The Bertz CT molecular complexity index is 1200. The molecule has 174 valence electrons. The van der Waals surface area contributed by atoms with Gasteiger partial charge in [0, 0.05) is 18.5 Å². The average molecular weight is 492 g/mol. The molecular weight excluding hydrogens is 469 g/mol. The van der Waals surface area contributed by atoms with E-state index >= 15 is 0 Å². The molecule has 2 aromatic rings. The zero-order valence-corrected chi connectivity index (χ0v) is 19.2. The van der Waals surface area contributed by atoms with Crippen molar-refractivity contribution < 1.29 is 22.4 Å². The number of para-hydroxylation sites is 1. The third-order valence-electron chi connectivity index (χ3n) is 5.65. The molecule has 2 aliphatic heterocycles. The van der Waals surface area contributed by atoms with Crippen molar-refractivity contribution in [2.24, 2.45) is 0 Å². The van der Waals surface area contributed by atoms with Crippen LogP contribution in [0, 0.1) is 0 Å². The lowest BCUT2D eigenvalue weighted by atomic mass is 10.2. The zero-order chi connectivity index (χ0) is 23.6. The van der Waals surface area contributed by atoms with Gasteiger partial charge in [0.2, 0.25) is 5.91 Å². The number of carbonyl (C=O) groups is 2. The summed E-state index contributed by atoms with van der Waals surface area (Å²) in [7, 11) is -4.09. The monoisotopic (exact) mass is 491 g/mol. The second-order valence-corrected chi connectivity index (χ2v) is 10.2. The van der Waals surface area contributed by atoms with Gasteiger partial charge in [-0.05, 0) is 36.8 Å². The van der Waals surface area contributed by atoms with E-state index in [1.807, 2.05) is 0 Å². The molecule has 10 heteroatoms. The number of hydrogen-bond acceptors (Lipinski definition) is 4. The maximum absolute atomic E-state index is 14.5. The summed E-state index contributed by atoms with van der Waals surface area (Å²) < 4.78 is 42.8. The van der Waals surface area contributed by atoms with Crippen LogP contribution in [0.3, 0.4) is 0 Å². The molecule has 1 fully saturated rings. The van der Waals surface area contributed by atoms with Crippen molar-refractivity contribution >= 4 is 39.1 Å². The van der Waals surface area contributed by atoms with Crippen molar-refractivity contribution in [3.63, 3.8) is 0 Å². The van der Waals surface area contributed by atoms with Crippen LogP contribution in [0.4, 0.5) is 10.1 Å². The van der Waals surface area contributed by atoms with Gasteiger partial charge < -0.3 is 10.2 Å². The number of fused-ring (bicyclic) bond motifs is 4. The molecule has 0 spiro atoms. The third kappa shape index (κ3) is 4.89. The quantitative estimate of drug-likeness (QED) is 0.621. The van der Waals surface area contributed by atoms with Crippen molar-refractivity contribution in [3.05, 3.63) is 71.3 Å². The molecule has 2 aliphatic rings. The van der Waals surface area contributed by atoms with E-state index in [0.717, 1.165) is 4.31 Å². The van der Waals surface area contributed by atoms with Crippen LogP contribution in [0.15, 0.2) is 65.6 Å². The number of benzene rings is 2. The highest BCUT2D eigenvalue weighted by Crippen LogP contribution is 2.31. The lowest BCUT2D eigenvalue weighted by Crippen LogP contribution is -2.41. The van der Waals surface area contributed by atoms with E-state index in [1.54, 1.807) is 36.4 Å². The number of carbonyl (C=O) groups excluding carboxylic acids is 2. The Kier molecular flexibility index (Phi) is 6.71. The minimum atomic E-state index is -4.09. The van der Waals surface area contributed by atoms with Crippen LogP contribution in [0.5, 0.6) is 0 Å². The van der Waals surface area contributed by atoms with E-state index in [9.17, 15) is 22.4 Å². The number of nitrogens with zero attached hydrogens (tertiary/aromatic N) is 2. The summed E-state index contributed by atoms with van der Waals surface area (Å²) in [4.78, 5) is 26.5. The summed E-state index contributed by atoms with van der Waals surface area (Å²) in [6.45, 7) is -0.177. The smallest absolute Gasteiger partial charge is 0.264 e. The Labute approximate surface area is 196 Å².